The number of nitriles is 1. The zero-order valence-corrected chi connectivity index (χ0v) is 17.1. The second-order valence-corrected chi connectivity index (χ2v) is 9.15. The molecule has 1 amide bonds. The van der Waals surface area contributed by atoms with Crippen molar-refractivity contribution in [1.29, 1.82) is 5.26 Å². The first-order valence-corrected chi connectivity index (χ1v) is 10.6. The third-order valence-electron chi connectivity index (χ3n) is 4.57. The van der Waals surface area contributed by atoms with E-state index in [-0.39, 0.29) is 23.9 Å². The van der Waals surface area contributed by atoms with Crippen LogP contribution in [-0.2, 0) is 10.0 Å². The zero-order chi connectivity index (χ0) is 19.6. The number of hydrogen-bond donors (Lipinski definition) is 0. The molecule has 6 nitrogen and oxygen atoms in total. The minimum atomic E-state index is -3.63. The van der Waals surface area contributed by atoms with Crippen molar-refractivity contribution < 1.29 is 13.2 Å². The summed E-state index contributed by atoms with van der Waals surface area (Å²) in [5, 5.41) is 8.84. The topological polar surface area (TPSA) is 81.5 Å². The van der Waals surface area contributed by atoms with Crippen LogP contribution in [-0.4, -0.2) is 49.7 Å². The van der Waals surface area contributed by atoms with Crippen LogP contribution in [0.2, 0.25) is 0 Å². The molecule has 2 aromatic rings. The van der Waals surface area contributed by atoms with Crippen LogP contribution in [0.25, 0.3) is 0 Å². The van der Waals surface area contributed by atoms with Crippen molar-refractivity contribution in [1.82, 2.24) is 9.21 Å². The summed E-state index contributed by atoms with van der Waals surface area (Å²) in [5.41, 5.74) is 1.91. The number of rotatable bonds is 3. The van der Waals surface area contributed by atoms with Gasteiger partial charge in [-0.3, -0.25) is 4.79 Å². The Morgan fingerprint density at radius 3 is 2.26 bits per heavy atom. The van der Waals surface area contributed by atoms with E-state index in [1.165, 1.54) is 28.6 Å². The molecule has 1 aliphatic rings. The lowest BCUT2D eigenvalue weighted by Gasteiger charge is -2.34. The number of amides is 1. The number of nitrogens with zero attached hydrogens (tertiary/aromatic N) is 3. The number of sulfonamides is 1. The molecule has 0 atom stereocenters. The summed E-state index contributed by atoms with van der Waals surface area (Å²) >= 11 is 3.39. The van der Waals surface area contributed by atoms with E-state index >= 15 is 0 Å². The molecule has 1 heterocycles. The lowest BCUT2D eigenvalue weighted by molar-refractivity contribution is 0.0697. The minimum Gasteiger partial charge on any atom is -0.336 e. The molecule has 0 bridgehead atoms. The first-order chi connectivity index (χ1) is 12.8. The second-order valence-electron chi connectivity index (χ2n) is 6.29. The van der Waals surface area contributed by atoms with Crippen molar-refractivity contribution in [3.8, 4) is 6.07 Å². The van der Waals surface area contributed by atoms with E-state index < -0.39 is 10.0 Å². The number of aryl methyl sites for hydroxylation is 1. The number of halogens is 1. The number of piperazine rings is 1. The van der Waals surface area contributed by atoms with E-state index in [1.54, 1.807) is 11.0 Å². The SMILES string of the molecule is Cc1cc(Br)ccc1C(=O)N1CCN(S(=O)(=O)c2ccc(C#N)cc2)CC1. The van der Waals surface area contributed by atoms with E-state index in [0.717, 1.165) is 10.0 Å². The first kappa shape index (κ1) is 19.5. The molecule has 0 aromatic heterocycles. The number of hydrogen-bond acceptors (Lipinski definition) is 4. The monoisotopic (exact) mass is 447 g/mol. The Kier molecular flexibility index (Phi) is 5.65. The quantitative estimate of drug-likeness (QED) is 0.723. The van der Waals surface area contributed by atoms with Crippen LogP contribution in [0.1, 0.15) is 21.5 Å². The molecule has 0 spiro atoms. The van der Waals surface area contributed by atoms with Crippen LogP contribution in [0.15, 0.2) is 51.8 Å². The smallest absolute Gasteiger partial charge is 0.254 e. The van der Waals surface area contributed by atoms with Gasteiger partial charge in [-0.1, -0.05) is 15.9 Å². The minimum absolute atomic E-state index is 0.0876. The maximum atomic E-state index is 12.8. The standard InChI is InChI=1S/C19H18BrN3O3S/c1-14-12-16(20)4-7-18(14)19(24)22-8-10-23(11-9-22)27(25,26)17-5-2-15(13-21)3-6-17/h2-7,12H,8-11H2,1H3. The Hall–Kier alpha value is -2.21. The van der Waals surface area contributed by atoms with Gasteiger partial charge in [-0.2, -0.15) is 9.57 Å². The zero-order valence-electron chi connectivity index (χ0n) is 14.7. The van der Waals surface area contributed by atoms with Gasteiger partial charge in [0.1, 0.15) is 0 Å². The highest BCUT2D eigenvalue weighted by Crippen LogP contribution is 2.21. The van der Waals surface area contributed by atoms with Gasteiger partial charge in [0.05, 0.1) is 16.5 Å². The fourth-order valence-electron chi connectivity index (χ4n) is 3.02. The van der Waals surface area contributed by atoms with Crippen molar-refractivity contribution in [3.63, 3.8) is 0 Å². The first-order valence-electron chi connectivity index (χ1n) is 8.38. The molecule has 8 heteroatoms. The summed E-state index contributed by atoms with van der Waals surface area (Å²) in [6.45, 7) is 3.03. The normalized spacial score (nSPS) is 15.4. The van der Waals surface area contributed by atoms with Crippen LogP contribution in [0, 0.1) is 18.3 Å². The number of carbonyl (C=O) groups excluding carboxylic acids is 1. The second kappa shape index (κ2) is 7.80. The van der Waals surface area contributed by atoms with Gasteiger partial charge >= 0.3 is 0 Å². The Labute approximate surface area is 167 Å². The molecule has 0 radical (unpaired) electrons. The Balaban J connectivity index is 1.70. The van der Waals surface area contributed by atoms with Crippen LogP contribution in [0.5, 0.6) is 0 Å². The van der Waals surface area contributed by atoms with Gasteiger partial charge in [-0.05, 0) is 55.0 Å². The fourth-order valence-corrected chi connectivity index (χ4v) is 4.92. The molecule has 0 saturated carbocycles. The molecule has 27 heavy (non-hydrogen) atoms. The largest absolute Gasteiger partial charge is 0.336 e. The maximum absolute atomic E-state index is 12.8. The molecule has 1 saturated heterocycles. The summed E-state index contributed by atoms with van der Waals surface area (Å²) in [6.07, 6.45) is 0. The Bertz CT molecular complexity index is 1010. The fraction of sp³-hybridized carbons (Fsp3) is 0.263. The van der Waals surface area contributed by atoms with E-state index in [1.807, 2.05) is 25.1 Å². The van der Waals surface area contributed by atoms with Gasteiger partial charge in [-0.15, -0.1) is 0 Å². The van der Waals surface area contributed by atoms with Gasteiger partial charge < -0.3 is 4.90 Å². The lowest BCUT2D eigenvalue weighted by Crippen LogP contribution is -2.50. The van der Waals surface area contributed by atoms with Crippen molar-refractivity contribution >= 4 is 31.9 Å². The van der Waals surface area contributed by atoms with Crippen molar-refractivity contribution in [2.75, 3.05) is 26.2 Å². The van der Waals surface area contributed by atoms with Gasteiger partial charge in [0.2, 0.25) is 10.0 Å². The molecule has 0 N–H and O–H groups in total. The summed E-state index contributed by atoms with van der Waals surface area (Å²) in [6, 6.07) is 13.3. The molecule has 140 valence electrons. The average molecular weight is 448 g/mol. The van der Waals surface area contributed by atoms with Crippen LogP contribution in [0.3, 0.4) is 0 Å². The van der Waals surface area contributed by atoms with E-state index in [2.05, 4.69) is 15.9 Å². The highest BCUT2D eigenvalue weighted by molar-refractivity contribution is 9.10. The highest BCUT2D eigenvalue weighted by Gasteiger charge is 2.30. The van der Waals surface area contributed by atoms with Crippen LogP contribution >= 0.6 is 15.9 Å². The summed E-state index contributed by atoms with van der Waals surface area (Å²) in [4.78, 5) is 14.6. The van der Waals surface area contributed by atoms with Gasteiger partial charge in [-0.25, -0.2) is 8.42 Å². The molecule has 2 aromatic carbocycles. The van der Waals surface area contributed by atoms with Gasteiger partial charge in [0.25, 0.3) is 5.91 Å². The van der Waals surface area contributed by atoms with Crippen molar-refractivity contribution in [2.45, 2.75) is 11.8 Å². The summed E-state index contributed by atoms with van der Waals surface area (Å²) in [7, 11) is -3.63. The Morgan fingerprint density at radius 1 is 1.07 bits per heavy atom. The molecular weight excluding hydrogens is 430 g/mol. The summed E-state index contributed by atoms with van der Waals surface area (Å²) < 4.78 is 27.8. The predicted octanol–water partition coefficient (Wildman–Crippen LogP) is 2.78. The number of carbonyl (C=O) groups is 1. The molecule has 1 fully saturated rings. The van der Waals surface area contributed by atoms with Gasteiger partial charge in [0, 0.05) is 36.2 Å². The third kappa shape index (κ3) is 4.05. The predicted molar refractivity (Wildman–Crippen MR) is 105 cm³/mol. The Morgan fingerprint density at radius 2 is 1.70 bits per heavy atom. The van der Waals surface area contributed by atoms with E-state index in [9.17, 15) is 13.2 Å². The molecule has 0 aliphatic carbocycles. The molecule has 3 rings (SSSR count). The molecular formula is C19H18BrN3O3S. The van der Waals surface area contributed by atoms with Crippen molar-refractivity contribution in [3.05, 3.63) is 63.6 Å². The van der Waals surface area contributed by atoms with E-state index in [4.69, 9.17) is 5.26 Å². The third-order valence-corrected chi connectivity index (χ3v) is 6.97. The molecule has 1 aliphatic heterocycles. The number of benzene rings is 2. The average Bonchev–Trinajstić information content (AvgIpc) is 2.67. The lowest BCUT2D eigenvalue weighted by atomic mass is 10.1. The van der Waals surface area contributed by atoms with E-state index in [0.29, 0.717) is 24.2 Å². The summed E-state index contributed by atoms with van der Waals surface area (Å²) in [5.74, 6) is -0.0876. The highest BCUT2D eigenvalue weighted by atomic mass is 79.9. The molecule has 0 unspecified atom stereocenters. The van der Waals surface area contributed by atoms with Crippen LogP contribution < -0.4 is 0 Å². The van der Waals surface area contributed by atoms with Gasteiger partial charge in [0.15, 0.2) is 0 Å². The van der Waals surface area contributed by atoms with Crippen LogP contribution in [0.4, 0.5) is 0 Å². The maximum Gasteiger partial charge on any atom is 0.254 e. The van der Waals surface area contributed by atoms with Crippen molar-refractivity contribution in [2.24, 2.45) is 0 Å².